The van der Waals surface area contributed by atoms with Crippen LogP contribution in [0.4, 0.5) is 0 Å². The molecule has 1 fully saturated rings. The Morgan fingerprint density at radius 2 is 2.53 bits per heavy atom. The summed E-state index contributed by atoms with van der Waals surface area (Å²) < 4.78 is 0. The molecule has 0 radical (unpaired) electrons. The first-order chi connectivity index (χ1) is 7.22. The molecule has 1 aromatic rings. The van der Waals surface area contributed by atoms with Crippen LogP contribution >= 0.6 is 27.3 Å². The summed E-state index contributed by atoms with van der Waals surface area (Å²) in [6.45, 7) is 3.83. The van der Waals surface area contributed by atoms with Crippen molar-refractivity contribution in [2.75, 3.05) is 13.1 Å². The summed E-state index contributed by atoms with van der Waals surface area (Å²) in [7, 11) is 0. The van der Waals surface area contributed by atoms with E-state index >= 15 is 0 Å². The van der Waals surface area contributed by atoms with Crippen molar-refractivity contribution in [2.45, 2.75) is 24.6 Å². The van der Waals surface area contributed by atoms with E-state index in [1.54, 1.807) is 11.3 Å². The minimum Gasteiger partial charge on any atom is -0.337 e. The van der Waals surface area contributed by atoms with Crippen molar-refractivity contribution in [3.05, 3.63) is 21.9 Å². The topological polar surface area (TPSA) is 20.3 Å². The molecule has 0 saturated carbocycles. The fraction of sp³-hybridized carbons (Fsp3) is 0.545. The largest absolute Gasteiger partial charge is 0.337 e. The van der Waals surface area contributed by atoms with E-state index in [0.717, 1.165) is 30.8 Å². The molecule has 1 atom stereocenters. The number of halogens is 1. The highest BCUT2D eigenvalue weighted by Crippen LogP contribution is 2.23. The maximum Gasteiger partial charge on any atom is 0.264 e. The SMILES string of the molecule is CCc1ccsc1C(=O)N1CCC(Br)C1. The van der Waals surface area contributed by atoms with Crippen LogP contribution in [0.1, 0.15) is 28.6 Å². The number of hydrogen-bond acceptors (Lipinski definition) is 2. The molecule has 2 rings (SSSR count). The van der Waals surface area contributed by atoms with Gasteiger partial charge in [0.05, 0.1) is 4.88 Å². The molecule has 82 valence electrons. The van der Waals surface area contributed by atoms with Crippen LogP contribution in [0.3, 0.4) is 0 Å². The number of thiophene rings is 1. The number of nitrogens with zero attached hydrogens (tertiary/aromatic N) is 1. The van der Waals surface area contributed by atoms with E-state index in [9.17, 15) is 4.79 Å². The second kappa shape index (κ2) is 4.66. The zero-order valence-electron chi connectivity index (χ0n) is 8.70. The van der Waals surface area contributed by atoms with Crippen LogP contribution in [-0.2, 0) is 6.42 Å². The number of amides is 1. The average molecular weight is 288 g/mol. The van der Waals surface area contributed by atoms with Crippen molar-refractivity contribution in [3.63, 3.8) is 0 Å². The van der Waals surface area contributed by atoms with Gasteiger partial charge in [-0.2, -0.15) is 0 Å². The van der Waals surface area contributed by atoms with E-state index in [-0.39, 0.29) is 5.91 Å². The van der Waals surface area contributed by atoms with Crippen molar-refractivity contribution in [1.29, 1.82) is 0 Å². The molecule has 1 saturated heterocycles. The average Bonchev–Trinajstić information content (AvgIpc) is 2.84. The Bertz CT molecular complexity index is 363. The zero-order valence-corrected chi connectivity index (χ0v) is 11.1. The third-order valence-electron chi connectivity index (χ3n) is 2.74. The van der Waals surface area contributed by atoms with Gasteiger partial charge < -0.3 is 4.90 Å². The predicted octanol–water partition coefficient (Wildman–Crippen LogP) is 2.92. The minimum atomic E-state index is 0.212. The molecule has 1 aliphatic rings. The summed E-state index contributed by atoms with van der Waals surface area (Å²) in [6, 6.07) is 2.06. The second-order valence-electron chi connectivity index (χ2n) is 3.77. The van der Waals surface area contributed by atoms with Crippen molar-refractivity contribution < 1.29 is 4.79 Å². The maximum atomic E-state index is 12.1. The van der Waals surface area contributed by atoms with Crippen LogP contribution < -0.4 is 0 Å². The van der Waals surface area contributed by atoms with Crippen LogP contribution in [0.15, 0.2) is 11.4 Å². The van der Waals surface area contributed by atoms with Gasteiger partial charge in [-0.3, -0.25) is 4.79 Å². The monoisotopic (exact) mass is 287 g/mol. The molecule has 0 aromatic carbocycles. The Morgan fingerprint density at radius 3 is 3.13 bits per heavy atom. The Hall–Kier alpha value is -0.350. The Labute approximate surface area is 102 Å². The van der Waals surface area contributed by atoms with Crippen molar-refractivity contribution in [2.24, 2.45) is 0 Å². The van der Waals surface area contributed by atoms with Gasteiger partial charge in [-0.05, 0) is 29.9 Å². The van der Waals surface area contributed by atoms with Gasteiger partial charge in [0.2, 0.25) is 0 Å². The minimum absolute atomic E-state index is 0.212. The van der Waals surface area contributed by atoms with Crippen molar-refractivity contribution >= 4 is 33.2 Å². The lowest BCUT2D eigenvalue weighted by atomic mass is 10.2. The molecule has 1 unspecified atom stereocenters. The Morgan fingerprint density at radius 1 is 1.73 bits per heavy atom. The fourth-order valence-electron chi connectivity index (χ4n) is 1.85. The molecule has 0 aliphatic carbocycles. The number of carbonyl (C=O) groups excluding carboxylic acids is 1. The van der Waals surface area contributed by atoms with Crippen LogP contribution in [0, 0.1) is 0 Å². The summed E-state index contributed by atoms with van der Waals surface area (Å²) in [5, 5.41) is 2.01. The molecular weight excluding hydrogens is 274 g/mol. The highest BCUT2D eigenvalue weighted by Gasteiger charge is 2.26. The number of hydrogen-bond donors (Lipinski definition) is 0. The number of aryl methyl sites for hydroxylation is 1. The summed E-state index contributed by atoms with van der Waals surface area (Å²) in [4.78, 5) is 15.5. The van der Waals surface area contributed by atoms with Gasteiger partial charge in [-0.25, -0.2) is 0 Å². The normalized spacial score (nSPS) is 20.9. The molecule has 15 heavy (non-hydrogen) atoms. The van der Waals surface area contributed by atoms with E-state index in [2.05, 4.69) is 28.9 Å². The first kappa shape index (κ1) is 11.1. The molecule has 2 heterocycles. The van der Waals surface area contributed by atoms with E-state index in [1.165, 1.54) is 5.56 Å². The summed E-state index contributed by atoms with van der Waals surface area (Å²) >= 11 is 5.12. The molecule has 1 aromatic heterocycles. The molecule has 0 spiro atoms. The van der Waals surface area contributed by atoms with Crippen LogP contribution in [-0.4, -0.2) is 28.7 Å². The van der Waals surface area contributed by atoms with E-state index in [1.807, 2.05) is 10.3 Å². The zero-order chi connectivity index (χ0) is 10.8. The number of carbonyl (C=O) groups is 1. The van der Waals surface area contributed by atoms with Gasteiger partial charge in [-0.1, -0.05) is 22.9 Å². The third-order valence-corrected chi connectivity index (χ3v) is 4.43. The summed E-state index contributed by atoms with van der Waals surface area (Å²) in [6.07, 6.45) is 2.01. The lowest BCUT2D eigenvalue weighted by Crippen LogP contribution is -2.28. The number of alkyl halides is 1. The smallest absolute Gasteiger partial charge is 0.264 e. The quantitative estimate of drug-likeness (QED) is 0.766. The lowest BCUT2D eigenvalue weighted by molar-refractivity contribution is 0.0797. The Kier molecular flexibility index (Phi) is 3.46. The first-order valence-corrected chi connectivity index (χ1v) is 7.01. The highest BCUT2D eigenvalue weighted by molar-refractivity contribution is 9.09. The van der Waals surface area contributed by atoms with Crippen molar-refractivity contribution in [1.82, 2.24) is 4.90 Å². The van der Waals surface area contributed by atoms with Crippen LogP contribution in [0.2, 0.25) is 0 Å². The van der Waals surface area contributed by atoms with Gasteiger partial charge in [0.1, 0.15) is 0 Å². The lowest BCUT2D eigenvalue weighted by Gasteiger charge is -2.15. The molecule has 2 nitrogen and oxygen atoms in total. The summed E-state index contributed by atoms with van der Waals surface area (Å²) in [5.74, 6) is 0.212. The van der Waals surface area contributed by atoms with Crippen LogP contribution in [0.25, 0.3) is 0 Å². The Balaban J connectivity index is 2.14. The van der Waals surface area contributed by atoms with E-state index in [0.29, 0.717) is 4.83 Å². The molecule has 0 N–H and O–H groups in total. The van der Waals surface area contributed by atoms with E-state index in [4.69, 9.17) is 0 Å². The fourth-order valence-corrected chi connectivity index (χ4v) is 3.36. The molecule has 0 bridgehead atoms. The molecule has 1 aliphatic heterocycles. The molecule has 4 heteroatoms. The third kappa shape index (κ3) is 2.26. The molecular formula is C11H14BrNOS. The van der Waals surface area contributed by atoms with Gasteiger partial charge in [-0.15, -0.1) is 11.3 Å². The van der Waals surface area contributed by atoms with E-state index < -0.39 is 0 Å². The standard InChI is InChI=1S/C11H14BrNOS/c1-2-8-4-6-15-10(8)11(14)13-5-3-9(12)7-13/h4,6,9H,2-3,5,7H2,1H3. The van der Waals surface area contributed by atoms with Gasteiger partial charge in [0.15, 0.2) is 0 Å². The predicted molar refractivity (Wildman–Crippen MR) is 66.9 cm³/mol. The summed E-state index contributed by atoms with van der Waals surface area (Å²) in [5.41, 5.74) is 1.18. The first-order valence-electron chi connectivity index (χ1n) is 5.22. The van der Waals surface area contributed by atoms with Crippen LogP contribution in [0.5, 0.6) is 0 Å². The number of rotatable bonds is 2. The second-order valence-corrected chi connectivity index (χ2v) is 5.98. The highest BCUT2D eigenvalue weighted by atomic mass is 79.9. The number of likely N-dealkylation sites (tertiary alicyclic amines) is 1. The van der Waals surface area contributed by atoms with Gasteiger partial charge >= 0.3 is 0 Å². The van der Waals surface area contributed by atoms with Gasteiger partial charge in [0, 0.05) is 17.9 Å². The maximum absolute atomic E-state index is 12.1. The van der Waals surface area contributed by atoms with Crippen molar-refractivity contribution in [3.8, 4) is 0 Å². The van der Waals surface area contributed by atoms with Gasteiger partial charge in [0.25, 0.3) is 5.91 Å². The molecule has 1 amide bonds.